The molecule has 3 N–H and O–H groups in total. The van der Waals surface area contributed by atoms with Gasteiger partial charge in [-0.25, -0.2) is 0 Å². The van der Waals surface area contributed by atoms with E-state index in [2.05, 4.69) is 66.1 Å². The van der Waals surface area contributed by atoms with Crippen molar-refractivity contribution >= 4 is 17.3 Å². The standard InChI is InChI=1S/C22H29N3OS/c1-18-7-9-20(10-8-18)21(17-25-13-15-26-16-14-25)24-22(27)23-12-11-19-5-3-2-4-6-19/h2-10,21H,11-17H2,1H3,(H2,23,24,27)/p+1/t21-/m1/s1. The van der Waals surface area contributed by atoms with Crippen LogP contribution in [-0.4, -0.2) is 44.5 Å². The summed E-state index contributed by atoms with van der Waals surface area (Å²) in [4.78, 5) is 1.56. The Morgan fingerprint density at radius 1 is 1.07 bits per heavy atom. The number of ether oxygens (including phenoxy) is 1. The number of benzene rings is 2. The molecule has 0 unspecified atom stereocenters. The maximum Gasteiger partial charge on any atom is 0.166 e. The van der Waals surface area contributed by atoms with Gasteiger partial charge in [-0.2, -0.15) is 0 Å². The van der Waals surface area contributed by atoms with Gasteiger partial charge in [-0.1, -0.05) is 60.2 Å². The molecule has 4 nitrogen and oxygen atoms in total. The maximum absolute atomic E-state index is 5.58. The van der Waals surface area contributed by atoms with E-state index in [0.717, 1.165) is 50.9 Å². The van der Waals surface area contributed by atoms with Gasteiger partial charge >= 0.3 is 0 Å². The molecule has 0 spiro atoms. The van der Waals surface area contributed by atoms with Gasteiger partial charge in [-0.15, -0.1) is 0 Å². The minimum Gasteiger partial charge on any atom is -0.370 e. The molecule has 2 aromatic rings. The SMILES string of the molecule is Cc1ccc([C@@H](C[NH+]2CCOCC2)NC(=S)NCCc2ccccc2)cc1. The Kier molecular flexibility index (Phi) is 7.63. The van der Waals surface area contributed by atoms with E-state index in [1.54, 1.807) is 4.90 Å². The Hall–Kier alpha value is -1.95. The van der Waals surface area contributed by atoms with Gasteiger partial charge in [0.2, 0.25) is 0 Å². The van der Waals surface area contributed by atoms with Crippen LogP contribution in [0.3, 0.4) is 0 Å². The van der Waals surface area contributed by atoms with Gasteiger partial charge in [0, 0.05) is 6.54 Å². The Morgan fingerprint density at radius 3 is 2.48 bits per heavy atom. The largest absolute Gasteiger partial charge is 0.370 e. The monoisotopic (exact) mass is 384 g/mol. The van der Waals surface area contributed by atoms with Crippen LogP contribution in [0.4, 0.5) is 0 Å². The van der Waals surface area contributed by atoms with Crippen LogP contribution >= 0.6 is 12.2 Å². The number of rotatable bonds is 7. The van der Waals surface area contributed by atoms with E-state index < -0.39 is 0 Å². The van der Waals surface area contributed by atoms with Gasteiger partial charge in [0.1, 0.15) is 25.7 Å². The second-order valence-electron chi connectivity index (χ2n) is 7.17. The summed E-state index contributed by atoms with van der Waals surface area (Å²) in [7, 11) is 0. The summed E-state index contributed by atoms with van der Waals surface area (Å²) >= 11 is 5.58. The number of hydrogen-bond donors (Lipinski definition) is 3. The third-order valence-corrected chi connectivity index (χ3v) is 5.28. The van der Waals surface area contributed by atoms with Gasteiger partial charge in [0.25, 0.3) is 0 Å². The van der Waals surface area contributed by atoms with Crippen LogP contribution in [0.2, 0.25) is 0 Å². The van der Waals surface area contributed by atoms with E-state index in [1.165, 1.54) is 16.7 Å². The van der Waals surface area contributed by atoms with E-state index in [9.17, 15) is 0 Å². The highest BCUT2D eigenvalue weighted by molar-refractivity contribution is 7.80. The highest BCUT2D eigenvalue weighted by Gasteiger charge is 2.22. The Labute approximate surface area is 167 Å². The number of aryl methyl sites for hydroxylation is 1. The van der Waals surface area contributed by atoms with Gasteiger partial charge in [0.15, 0.2) is 5.11 Å². The molecule has 1 atom stereocenters. The van der Waals surface area contributed by atoms with Crippen LogP contribution in [0.25, 0.3) is 0 Å². The first-order chi connectivity index (χ1) is 13.2. The van der Waals surface area contributed by atoms with Crippen molar-refractivity contribution in [3.8, 4) is 0 Å². The number of morpholine rings is 1. The zero-order valence-electron chi connectivity index (χ0n) is 16.0. The van der Waals surface area contributed by atoms with Gasteiger partial charge in [-0.05, 0) is 36.7 Å². The topological polar surface area (TPSA) is 37.7 Å². The predicted molar refractivity (Wildman–Crippen MR) is 114 cm³/mol. The fraction of sp³-hybridized carbons (Fsp3) is 0.409. The number of quaternary nitrogens is 1. The van der Waals surface area contributed by atoms with Crippen LogP contribution in [-0.2, 0) is 11.2 Å². The molecular formula is C22H30N3OS+. The molecule has 144 valence electrons. The Morgan fingerprint density at radius 2 is 1.78 bits per heavy atom. The van der Waals surface area contributed by atoms with Crippen LogP contribution < -0.4 is 15.5 Å². The lowest BCUT2D eigenvalue weighted by Crippen LogP contribution is -3.14. The summed E-state index contributed by atoms with van der Waals surface area (Å²) in [5, 5.41) is 7.64. The molecule has 0 bridgehead atoms. The number of thiocarbonyl (C=S) groups is 1. The summed E-state index contributed by atoms with van der Waals surface area (Å²) < 4.78 is 5.50. The molecule has 1 saturated heterocycles. The second kappa shape index (κ2) is 10.4. The summed E-state index contributed by atoms with van der Waals surface area (Å²) in [6, 6.07) is 19.5. The van der Waals surface area contributed by atoms with Crippen LogP contribution in [0.5, 0.6) is 0 Å². The maximum atomic E-state index is 5.58. The van der Waals surface area contributed by atoms with Crippen molar-refractivity contribution in [2.75, 3.05) is 39.4 Å². The van der Waals surface area contributed by atoms with E-state index >= 15 is 0 Å². The molecule has 0 aromatic heterocycles. The van der Waals surface area contributed by atoms with Crippen molar-refractivity contribution in [3.05, 3.63) is 71.3 Å². The normalized spacial score (nSPS) is 15.9. The van der Waals surface area contributed by atoms with Gasteiger partial charge in [0.05, 0.1) is 13.2 Å². The molecule has 0 aliphatic carbocycles. The average molecular weight is 385 g/mol. The zero-order chi connectivity index (χ0) is 18.9. The van der Waals surface area contributed by atoms with Gasteiger partial charge in [-0.3, -0.25) is 0 Å². The molecule has 5 heteroatoms. The van der Waals surface area contributed by atoms with Gasteiger partial charge < -0.3 is 20.3 Å². The van der Waals surface area contributed by atoms with E-state index in [0.29, 0.717) is 0 Å². The fourth-order valence-corrected chi connectivity index (χ4v) is 3.62. The minimum absolute atomic E-state index is 0.204. The average Bonchev–Trinajstić information content (AvgIpc) is 2.70. The van der Waals surface area contributed by atoms with Crippen LogP contribution in [0, 0.1) is 6.92 Å². The van der Waals surface area contributed by atoms with Crippen LogP contribution in [0.15, 0.2) is 54.6 Å². The molecule has 27 heavy (non-hydrogen) atoms. The van der Waals surface area contributed by atoms with E-state index in [1.807, 2.05) is 6.07 Å². The highest BCUT2D eigenvalue weighted by Crippen LogP contribution is 2.12. The lowest BCUT2D eigenvalue weighted by molar-refractivity contribution is -0.909. The summed E-state index contributed by atoms with van der Waals surface area (Å²) in [6.07, 6.45) is 0.965. The molecule has 2 aromatic carbocycles. The van der Waals surface area contributed by atoms with Crippen molar-refractivity contribution in [3.63, 3.8) is 0 Å². The number of nitrogens with one attached hydrogen (secondary N) is 3. The van der Waals surface area contributed by atoms with Crippen molar-refractivity contribution in [2.45, 2.75) is 19.4 Å². The molecule has 1 aliphatic heterocycles. The molecule has 1 fully saturated rings. The highest BCUT2D eigenvalue weighted by atomic mass is 32.1. The third kappa shape index (κ3) is 6.61. The summed E-state index contributed by atoms with van der Waals surface area (Å²) in [5.41, 5.74) is 3.88. The lowest BCUT2D eigenvalue weighted by atomic mass is 10.0. The first-order valence-corrected chi connectivity index (χ1v) is 10.2. The molecule has 0 radical (unpaired) electrons. The third-order valence-electron chi connectivity index (χ3n) is 5.02. The Balaban J connectivity index is 1.56. The zero-order valence-corrected chi connectivity index (χ0v) is 16.9. The smallest absolute Gasteiger partial charge is 0.166 e. The van der Waals surface area contributed by atoms with Crippen molar-refractivity contribution in [1.82, 2.24) is 10.6 Å². The van der Waals surface area contributed by atoms with Crippen molar-refractivity contribution < 1.29 is 9.64 Å². The first-order valence-electron chi connectivity index (χ1n) is 9.77. The molecule has 3 rings (SSSR count). The Bertz CT molecular complexity index is 699. The molecular weight excluding hydrogens is 354 g/mol. The molecule has 0 amide bonds. The number of hydrogen-bond acceptors (Lipinski definition) is 2. The minimum atomic E-state index is 0.204. The molecule has 0 saturated carbocycles. The first kappa shape index (κ1) is 19.8. The van der Waals surface area contributed by atoms with Crippen molar-refractivity contribution in [1.29, 1.82) is 0 Å². The van der Waals surface area contributed by atoms with Crippen molar-refractivity contribution in [2.24, 2.45) is 0 Å². The van der Waals surface area contributed by atoms with Crippen LogP contribution in [0.1, 0.15) is 22.7 Å². The fourth-order valence-electron chi connectivity index (χ4n) is 3.38. The summed E-state index contributed by atoms with van der Waals surface area (Å²) in [5.74, 6) is 0. The summed E-state index contributed by atoms with van der Waals surface area (Å²) in [6.45, 7) is 7.75. The molecule has 1 heterocycles. The second-order valence-corrected chi connectivity index (χ2v) is 7.57. The van der Waals surface area contributed by atoms with E-state index in [-0.39, 0.29) is 6.04 Å². The molecule has 1 aliphatic rings. The van der Waals surface area contributed by atoms with E-state index in [4.69, 9.17) is 17.0 Å². The predicted octanol–water partition coefficient (Wildman–Crippen LogP) is 1.66. The quantitative estimate of drug-likeness (QED) is 0.635. The lowest BCUT2D eigenvalue weighted by Gasteiger charge is -2.29.